The number of carbonyl (C=O) groups is 2. The highest BCUT2D eigenvalue weighted by Gasteiger charge is 2.38. The van der Waals surface area contributed by atoms with E-state index in [2.05, 4.69) is 19.3 Å². The van der Waals surface area contributed by atoms with Crippen LogP contribution in [0.25, 0.3) is 0 Å². The molecule has 12 heteroatoms. The summed E-state index contributed by atoms with van der Waals surface area (Å²) in [5, 5.41) is 3.58. The van der Waals surface area contributed by atoms with Crippen molar-refractivity contribution in [3.8, 4) is 5.75 Å². The van der Waals surface area contributed by atoms with Crippen LogP contribution in [0.4, 0.5) is 10.5 Å². The largest absolute Gasteiger partial charge is 0.487 e. The first-order valence-electron chi connectivity index (χ1n) is 17.1. The summed E-state index contributed by atoms with van der Waals surface area (Å²) < 4.78 is 40.1. The number of nitrogens with zero attached hydrogens (tertiary/aromatic N) is 2. The van der Waals surface area contributed by atoms with Crippen molar-refractivity contribution in [2.45, 2.75) is 94.5 Å². The number of rotatable bonds is 3. The van der Waals surface area contributed by atoms with Crippen LogP contribution in [0.3, 0.4) is 0 Å². The Balaban J connectivity index is 1.45. The van der Waals surface area contributed by atoms with Crippen molar-refractivity contribution in [3.05, 3.63) is 64.7 Å². The molecule has 260 valence electrons. The Labute approximate surface area is 289 Å². The first kappa shape index (κ1) is 34.7. The van der Waals surface area contributed by atoms with Crippen molar-refractivity contribution >= 4 is 39.1 Å². The quantitative estimate of drug-likeness (QED) is 0.348. The van der Waals surface area contributed by atoms with Crippen molar-refractivity contribution in [1.29, 1.82) is 0 Å². The fourth-order valence-electron chi connectivity index (χ4n) is 6.79. The van der Waals surface area contributed by atoms with Crippen molar-refractivity contribution in [1.82, 2.24) is 10.0 Å². The molecule has 2 aromatic rings. The minimum atomic E-state index is -3.79. The molecule has 4 atom stereocenters. The third-order valence-corrected chi connectivity index (χ3v) is 12.2. The lowest BCUT2D eigenvalue weighted by atomic mass is 9.70. The Morgan fingerprint density at radius 1 is 1.08 bits per heavy atom. The zero-order valence-corrected chi connectivity index (χ0v) is 29.6. The number of halogens is 1. The minimum Gasteiger partial charge on any atom is -0.487 e. The molecule has 2 aliphatic heterocycles. The van der Waals surface area contributed by atoms with Gasteiger partial charge in [-0.3, -0.25) is 4.79 Å². The molecule has 2 heterocycles. The fraction of sp³-hybridized carbons (Fsp3) is 0.556. The molecule has 3 amide bonds. The molecule has 2 bridgehead atoms. The third-order valence-electron chi connectivity index (χ3n) is 10.2. The van der Waals surface area contributed by atoms with Crippen molar-refractivity contribution in [2.75, 3.05) is 31.7 Å². The molecule has 48 heavy (non-hydrogen) atoms. The highest BCUT2D eigenvalue weighted by molar-refractivity contribution is 7.92. The van der Waals surface area contributed by atoms with E-state index >= 15 is 0 Å². The topological polar surface area (TPSA) is 119 Å². The number of carbonyl (C=O) groups excluding carboxylic acids is 2. The van der Waals surface area contributed by atoms with Crippen LogP contribution in [-0.4, -0.2) is 60.7 Å². The molecule has 2 saturated carbocycles. The number of amides is 3. The van der Waals surface area contributed by atoms with Crippen molar-refractivity contribution in [3.63, 3.8) is 0 Å². The van der Waals surface area contributed by atoms with E-state index in [1.165, 1.54) is 5.56 Å². The zero-order chi connectivity index (χ0) is 33.9. The molecule has 2 fully saturated rings. The van der Waals surface area contributed by atoms with Gasteiger partial charge in [-0.15, -0.1) is 4.36 Å². The Morgan fingerprint density at radius 3 is 2.65 bits per heavy atom. The number of hydrogen-bond acceptors (Lipinski definition) is 7. The van der Waals surface area contributed by atoms with Gasteiger partial charge in [-0.2, -0.15) is 0 Å². The molecular formula is C36H47ClN4O6S. The Bertz CT molecular complexity index is 1670. The standard InChI is InChI=1S/C36H47ClN4O6S/c1-36(2)34(42)39-48(44,40-35(43)38-28-9-6-10-28)29-15-17-33-31(21-29)41(22-25-13-16-30(25)32(45-3)11-7-19-47-36)18-5-4-8-24-20-27(37)14-12-26(24)23-46-33/h7,11-12,14-15,17,20-21,25,28,30,32H,4-6,8-10,13,16,18-19,22-23H2,1-3H3,(H2,38,39,40,42,43,44)/b11-7+/t25-,30+,32-,48?/m0/s1. The molecular weight excluding hydrogens is 652 g/mol. The number of urea groups is 1. The first-order valence-corrected chi connectivity index (χ1v) is 19.0. The molecule has 0 spiro atoms. The van der Waals surface area contributed by atoms with E-state index < -0.39 is 27.5 Å². The highest BCUT2D eigenvalue weighted by Crippen LogP contribution is 2.42. The monoisotopic (exact) mass is 698 g/mol. The summed E-state index contributed by atoms with van der Waals surface area (Å²) in [6.07, 6.45) is 11.4. The summed E-state index contributed by atoms with van der Waals surface area (Å²) in [5.41, 5.74) is 1.58. The zero-order valence-electron chi connectivity index (χ0n) is 28.0. The number of anilines is 1. The lowest BCUT2D eigenvalue weighted by Crippen LogP contribution is -2.47. The number of aryl methyl sites for hydroxylation is 1. The van der Waals surface area contributed by atoms with Gasteiger partial charge in [0.2, 0.25) is 0 Å². The van der Waals surface area contributed by atoms with Gasteiger partial charge < -0.3 is 24.4 Å². The fourth-order valence-corrected chi connectivity index (χ4v) is 8.54. The predicted octanol–water partition coefficient (Wildman–Crippen LogP) is 6.59. The first-order chi connectivity index (χ1) is 23.0. The Hall–Kier alpha value is -3.12. The number of benzene rings is 2. The average Bonchev–Trinajstić information content (AvgIpc) is 3.05. The van der Waals surface area contributed by atoms with Gasteiger partial charge in [0, 0.05) is 31.3 Å². The Morgan fingerprint density at radius 2 is 1.92 bits per heavy atom. The van der Waals surface area contributed by atoms with Crippen molar-refractivity contribution in [2.24, 2.45) is 16.2 Å². The van der Waals surface area contributed by atoms with Gasteiger partial charge in [0.1, 0.15) is 18.0 Å². The maximum Gasteiger partial charge on any atom is 0.327 e. The van der Waals surface area contributed by atoms with Crippen LogP contribution in [0.1, 0.15) is 69.9 Å². The summed E-state index contributed by atoms with van der Waals surface area (Å²) in [4.78, 5) is 29.4. The molecule has 0 radical (unpaired) electrons. The van der Waals surface area contributed by atoms with E-state index in [9.17, 15) is 13.8 Å². The summed E-state index contributed by atoms with van der Waals surface area (Å²) in [7, 11) is -2.06. The molecule has 6 rings (SSSR count). The number of hydrogen-bond donors (Lipinski definition) is 2. The normalized spacial score (nSPS) is 28.5. The van der Waals surface area contributed by atoms with E-state index in [0.717, 1.165) is 75.7 Å². The van der Waals surface area contributed by atoms with Crippen LogP contribution in [0.5, 0.6) is 5.75 Å². The lowest BCUT2D eigenvalue weighted by molar-refractivity contribution is -0.137. The van der Waals surface area contributed by atoms with Crippen LogP contribution < -0.4 is 19.7 Å². The smallest absolute Gasteiger partial charge is 0.327 e. The predicted molar refractivity (Wildman–Crippen MR) is 187 cm³/mol. The highest BCUT2D eigenvalue weighted by atomic mass is 35.5. The van der Waals surface area contributed by atoms with E-state index in [0.29, 0.717) is 29.2 Å². The molecule has 10 nitrogen and oxygen atoms in total. The summed E-state index contributed by atoms with van der Waals surface area (Å²) in [5.74, 6) is 0.545. The van der Waals surface area contributed by atoms with Gasteiger partial charge in [-0.1, -0.05) is 29.8 Å². The van der Waals surface area contributed by atoms with Gasteiger partial charge in [0.05, 0.1) is 23.3 Å². The second-order valence-corrected chi connectivity index (χ2v) is 16.2. The number of fused-ring (bicyclic) bond motifs is 3. The second kappa shape index (κ2) is 14.8. The summed E-state index contributed by atoms with van der Waals surface area (Å²) in [6.45, 7) is 5.15. The summed E-state index contributed by atoms with van der Waals surface area (Å²) >= 11 is 6.37. The van der Waals surface area contributed by atoms with Gasteiger partial charge in [-0.05, 0) is 119 Å². The second-order valence-electron chi connectivity index (χ2n) is 13.8. The van der Waals surface area contributed by atoms with E-state index in [4.69, 9.17) is 25.8 Å². The van der Waals surface area contributed by atoms with Crippen LogP contribution in [0.2, 0.25) is 5.02 Å². The molecule has 2 aromatic carbocycles. The van der Waals surface area contributed by atoms with Gasteiger partial charge >= 0.3 is 6.03 Å². The molecule has 1 unspecified atom stereocenters. The number of nitrogens with one attached hydrogen (secondary N) is 2. The third kappa shape index (κ3) is 7.85. The van der Waals surface area contributed by atoms with Gasteiger partial charge in [-0.25, -0.2) is 13.7 Å². The van der Waals surface area contributed by atoms with Gasteiger partial charge in [0.15, 0.2) is 9.92 Å². The molecule has 0 saturated heterocycles. The van der Waals surface area contributed by atoms with Crippen LogP contribution in [0, 0.1) is 11.8 Å². The average molecular weight is 699 g/mol. The van der Waals surface area contributed by atoms with Gasteiger partial charge in [0.25, 0.3) is 5.91 Å². The van der Waals surface area contributed by atoms with Crippen LogP contribution in [0.15, 0.2) is 57.8 Å². The SMILES string of the molecule is CO[C@H]1/C=C/COC(C)(C)C(=O)N=S(=O)(NC(=O)NC2CCC2)c2ccc3c(c2)N(CCCCc2cc(Cl)ccc2CO3)C[C@@H]2CC[C@H]21. The maximum absolute atomic E-state index is 14.9. The van der Waals surface area contributed by atoms with E-state index in [1.807, 2.05) is 30.4 Å². The van der Waals surface area contributed by atoms with Crippen molar-refractivity contribution < 1.29 is 28.0 Å². The van der Waals surface area contributed by atoms with E-state index in [-0.39, 0.29) is 23.6 Å². The van der Waals surface area contributed by atoms with E-state index in [1.54, 1.807) is 39.2 Å². The maximum atomic E-state index is 14.9. The molecule has 4 aliphatic rings. The van der Waals surface area contributed by atoms with Crippen LogP contribution >= 0.6 is 11.6 Å². The minimum absolute atomic E-state index is 0.00173. The Kier molecular flexibility index (Phi) is 10.7. The van der Waals surface area contributed by atoms with Crippen LogP contribution in [-0.2, 0) is 37.2 Å². The number of methoxy groups -OCH3 is 1. The molecule has 2 aliphatic carbocycles. The molecule has 0 aromatic heterocycles. The molecule has 2 N–H and O–H groups in total. The lowest BCUT2D eigenvalue weighted by Gasteiger charge is -2.43. The summed E-state index contributed by atoms with van der Waals surface area (Å²) in [6, 6.07) is 10.5. The number of ether oxygens (including phenoxy) is 3.